The maximum atomic E-state index is 12.6. The Bertz CT molecular complexity index is 537. The van der Waals surface area contributed by atoms with Gasteiger partial charge in [0.1, 0.15) is 11.5 Å². The van der Waals surface area contributed by atoms with Crippen molar-refractivity contribution in [2.45, 2.75) is 0 Å². The van der Waals surface area contributed by atoms with Crippen LogP contribution >= 0.6 is 12.2 Å². The molecule has 86 valence electrons. The van der Waals surface area contributed by atoms with Crippen molar-refractivity contribution < 1.29 is 14.0 Å². The molecule has 1 amide bonds. The summed E-state index contributed by atoms with van der Waals surface area (Å²) in [5, 5.41) is 5.05. The molecule has 1 heterocycles. The van der Waals surface area contributed by atoms with Gasteiger partial charge in [-0.25, -0.2) is 4.39 Å². The van der Waals surface area contributed by atoms with Crippen molar-refractivity contribution in [1.29, 1.82) is 0 Å². The second-order valence-electron chi connectivity index (χ2n) is 3.34. The number of carbonyl (C=O) groups excluding carboxylic acids is 2. The molecular formula is C11H7FN2O2S. The second kappa shape index (κ2) is 4.42. The van der Waals surface area contributed by atoms with E-state index >= 15 is 0 Å². The third-order valence-electron chi connectivity index (χ3n) is 2.12. The smallest absolute Gasteiger partial charge is 0.274 e. The van der Waals surface area contributed by atoms with E-state index in [0.717, 1.165) is 6.08 Å². The van der Waals surface area contributed by atoms with Crippen LogP contribution in [0.3, 0.4) is 0 Å². The highest BCUT2D eigenvalue weighted by molar-refractivity contribution is 7.80. The first kappa shape index (κ1) is 11.4. The van der Waals surface area contributed by atoms with Crippen LogP contribution in [0.15, 0.2) is 36.0 Å². The van der Waals surface area contributed by atoms with Crippen molar-refractivity contribution in [2.75, 3.05) is 0 Å². The quantitative estimate of drug-likeness (QED) is 0.465. The molecule has 1 aromatic rings. The number of ketones is 1. The van der Waals surface area contributed by atoms with Crippen molar-refractivity contribution in [3.63, 3.8) is 0 Å². The second-order valence-corrected chi connectivity index (χ2v) is 3.75. The highest BCUT2D eigenvalue weighted by atomic mass is 32.1. The third-order valence-corrected chi connectivity index (χ3v) is 2.33. The number of nitrogens with one attached hydrogen (secondary N) is 2. The number of thiocarbonyl (C=S) groups is 1. The highest BCUT2D eigenvalue weighted by Crippen LogP contribution is 2.07. The number of hydrogen-bond acceptors (Lipinski definition) is 3. The van der Waals surface area contributed by atoms with Crippen molar-refractivity contribution in [3.8, 4) is 0 Å². The molecule has 0 spiro atoms. The zero-order chi connectivity index (χ0) is 12.4. The number of carbonyl (C=O) groups is 2. The lowest BCUT2D eigenvalue weighted by atomic mass is 10.1. The first-order valence-corrected chi connectivity index (χ1v) is 5.11. The molecule has 1 aromatic carbocycles. The molecule has 0 unspecified atom stereocenters. The minimum absolute atomic E-state index is 0.0873. The Morgan fingerprint density at radius 3 is 2.41 bits per heavy atom. The van der Waals surface area contributed by atoms with Crippen LogP contribution in [0.4, 0.5) is 4.39 Å². The van der Waals surface area contributed by atoms with Crippen LogP contribution in [-0.4, -0.2) is 16.8 Å². The molecule has 6 heteroatoms. The minimum Gasteiger partial charge on any atom is -0.328 e. The molecule has 2 N–H and O–H groups in total. The summed E-state index contributed by atoms with van der Waals surface area (Å²) in [6.07, 6.45) is 1.13. The summed E-state index contributed by atoms with van der Waals surface area (Å²) in [6, 6.07) is 5.05. The fourth-order valence-corrected chi connectivity index (χ4v) is 1.51. The predicted molar refractivity (Wildman–Crippen MR) is 62.7 cm³/mol. The average molecular weight is 250 g/mol. The van der Waals surface area contributed by atoms with Gasteiger partial charge in [0.2, 0.25) is 0 Å². The van der Waals surface area contributed by atoms with Crippen molar-refractivity contribution in [2.24, 2.45) is 0 Å². The van der Waals surface area contributed by atoms with Gasteiger partial charge in [0.25, 0.3) is 5.91 Å². The van der Waals surface area contributed by atoms with E-state index in [1.807, 2.05) is 0 Å². The molecule has 0 radical (unpaired) electrons. The van der Waals surface area contributed by atoms with Crippen LogP contribution in [0.25, 0.3) is 0 Å². The minimum atomic E-state index is -0.453. The zero-order valence-corrected chi connectivity index (χ0v) is 9.31. The Balaban J connectivity index is 2.22. The first-order chi connectivity index (χ1) is 8.06. The predicted octanol–water partition coefficient (Wildman–Crippen LogP) is 0.897. The lowest BCUT2D eigenvalue weighted by molar-refractivity contribution is -0.115. The van der Waals surface area contributed by atoms with Gasteiger partial charge in [0.05, 0.1) is 0 Å². The molecule has 1 aliphatic rings. The summed E-state index contributed by atoms with van der Waals surface area (Å²) >= 11 is 4.72. The zero-order valence-electron chi connectivity index (χ0n) is 8.49. The van der Waals surface area contributed by atoms with Gasteiger partial charge < -0.3 is 5.32 Å². The maximum absolute atomic E-state index is 12.6. The number of hydrogen-bond donors (Lipinski definition) is 2. The number of benzene rings is 1. The summed E-state index contributed by atoms with van der Waals surface area (Å²) in [5.74, 6) is -1.27. The van der Waals surface area contributed by atoms with Crippen LogP contribution < -0.4 is 10.6 Å². The number of halogens is 1. The van der Waals surface area contributed by atoms with E-state index < -0.39 is 17.5 Å². The van der Waals surface area contributed by atoms with Crippen molar-refractivity contribution in [3.05, 3.63) is 47.4 Å². The lowest BCUT2D eigenvalue weighted by Gasteiger charge is -1.97. The van der Waals surface area contributed by atoms with Crippen molar-refractivity contribution in [1.82, 2.24) is 10.6 Å². The molecule has 2 rings (SSSR count). The molecule has 17 heavy (non-hydrogen) atoms. The highest BCUT2D eigenvalue weighted by Gasteiger charge is 2.21. The van der Waals surface area contributed by atoms with Gasteiger partial charge in [-0.3, -0.25) is 14.9 Å². The van der Waals surface area contributed by atoms with Gasteiger partial charge in [-0.15, -0.1) is 0 Å². The Morgan fingerprint density at radius 1 is 1.24 bits per heavy atom. The summed E-state index contributed by atoms with van der Waals surface area (Å²) < 4.78 is 12.6. The van der Waals surface area contributed by atoms with E-state index in [2.05, 4.69) is 10.6 Å². The first-order valence-electron chi connectivity index (χ1n) is 4.70. The standard InChI is InChI=1S/C11H7FN2O2S/c12-7-3-1-6(2-4-7)9(15)5-8-10(16)14-11(17)13-8/h1-5H,(H2,13,14,16,17)/b8-5+. The van der Waals surface area contributed by atoms with Crippen LogP contribution in [-0.2, 0) is 4.79 Å². The molecule has 4 nitrogen and oxygen atoms in total. The summed E-state index contributed by atoms with van der Waals surface area (Å²) in [4.78, 5) is 23.0. The molecule has 0 aliphatic carbocycles. The Hall–Kier alpha value is -2.08. The fraction of sp³-hybridized carbons (Fsp3) is 0. The lowest BCUT2D eigenvalue weighted by Crippen LogP contribution is -2.21. The van der Waals surface area contributed by atoms with Gasteiger partial charge in [-0.05, 0) is 36.5 Å². The van der Waals surface area contributed by atoms with Gasteiger partial charge >= 0.3 is 0 Å². The van der Waals surface area contributed by atoms with E-state index in [4.69, 9.17) is 12.2 Å². The number of allylic oxidation sites excluding steroid dienone is 1. The molecule has 1 fully saturated rings. The SMILES string of the molecule is O=C1NC(=S)N/C1=C/C(=O)c1ccc(F)cc1. The van der Waals surface area contributed by atoms with E-state index in [0.29, 0.717) is 5.56 Å². The van der Waals surface area contributed by atoms with Crippen LogP contribution in [0, 0.1) is 5.82 Å². The fourth-order valence-electron chi connectivity index (χ4n) is 1.31. The van der Waals surface area contributed by atoms with E-state index in [1.165, 1.54) is 24.3 Å². The van der Waals surface area contributed by atoms with Crippen LogP contribution in [0.1, 0.15) is 10.4 Å². The third kappa shape index (κ3) is 2.54. The van der Waals surface area contributed by atoms with Gasteiger partial charge in [0.15, 0.2) is 10.9 Å². The van der Waals surface area contributed by atoms with Crippen LogP contribution in [0.2, 0.25) is 0 Å². The van der Waals surface area contributed by atoms with Gasteiger partial charge in [-0.2, -0.15) is 0 Å². The molecular weight excluding hydrogens is 243 g/mol. The molecule has 0 atom stereocenters. The normalized spacial score (nSPS) is 16.9. The molecule has 1 aliphatic heterocycles. The average Bonchev–Trinajstić information content (AvgIpc) is 2.58. The van der Waals surface area contributed by atoms with Crippen LogP contribution in [0.5, 0.6) is 0 Å². The monoisotopic (exact) mass is 250 g/mol. The van der Waals surface area contributed by atoms with E-state index in [1.54, 1.807) is 0 Å². The summed E-state index contributed by atoms with van der Waals surface area (Å²) in [7, 11) is 0. The largest absolute Gasteiger partial charge is 0.328 e. The number of amides is 1. The maximum Gasteiger partial charge on any atom is 0.274 e. The Labute approximate surface area is 102 Å². The van der Waals surface area contributed by atoms with Crippen molar-refractivity contribution >= 4 is 29.0 Å². The Morgan fingerprint density at radius 2 is 1.88 bits per heavy atom. The van der Waals surface area contributed by atoms with Gasteiger partial charge in [0, 0.05) is 11.6 Å². The van der Waals surface area contributed by atoms with E-state index in [9.17, 15) is 14.0 Å². The molecule has 0 bridgehead atoms. The summed E-state index contributed by atoms with van der Waals surface area (Å²) in [5.41, 5.74) is 0.385. The molecule has 0 aromatic heterocycles. The summed E-state index contributed by atoms with van der Waals surface area (Å²) in [6.45, 7) is 0. The molecule has 0 saturated carbocycles. The van der Waals surface area contributed by atoms with E-state index in [-0.39, 0.29) is 10.8 Å². The molecule has 1 saturated heterocycles. The number of rotatable bonds is 2. The Kier molecular flexibility index (Phi) is 2.97. The topological polar surface area (TPSA) is 58.2 Å². The van der Waals surface area contributed by atoms with Gasteiger partial charge in [-0.1, -0.05) is 0 Å².